The number of amides is 1. The van der Waals surface area contributed by atoms with E-state index in [-0.39, 0.29) is 23.9 Å². The van der Waals surface area contributed by atoms with E-state index in [0.717, 1.165) is 43.7 Å². The molecule has 1 amide bonds. The van der Waals surface area contributed by atoms with Gasteiger partial charge in [-0.2, -0.15) is 4.98 Å². The number of carbonyl (C=O) groups excluding carboxylic acids is 1. The van der Waals surface area contributed by atoms with Crippen LogP contribution in [0.5, 0.6) is 0 Å². The third kappa shape index (κ3) is 3.32. The van der Waals surface area contributed by atoms with Crippen LogP contribution in [0.2, 0.25) is 0 Å². The fourth-order valence-electron chi connectivity index (χ4n) is 4.32. The lowest BCUT2D eigenvalue weighted by Gasteiger charge is -2.34. The smallest absolute Gasteiger partial charge is 0.328 e. The molecule has 0 aliphatic carbocycles. The highest BCUT2D eigenvalue weighted by atomic mass is 16.2. The number of hydrogen-bond donors (Lipinski definition) is 1. The minimum atomic E-state index is -0.594. The number of carbonyl (C=O) groups is 1. The van der Waals surface area contributed by atoms with Crippen LogP contribution in [0.3, 0.4) is 0 Å². The lowest BCUT2D eigenvalue weighted by Crippen LogP contribution is -2.43. The van der Waals surface area contributed by atoms with Gasteiger partial charge in [0.1, 0.15) is 12.4 Å². The molecule has 4 rings (SSSR count). The van der Waals surface area contributed by atoms with Gasteiger partial charge >= 0.3 is 5.69 Å². The van der Waals surface area contributed by atoms with Gasteiger partial charge in [-0.05, 0) is 26.2 Å². The Morgan fingerprint density at radius 3 is 2.86 bits per heavy atom. The Hall–Kier alpha value is -2.97. The summed E-state index contributed by atoms with van der Waals surface area (Å²) < 4.78 is 3.36. The van der Waals surface area contributed by atoms with E-state index in [9.17, 15) is 19.2 Å². The number of hydrogen-bond acceptors (Lipinski definition) is 5. The zero-order valence-corrected chi connectivity index (χ0v) is 15.8. The van der Waals surface area contributed by atoms with Crippen molar-refractivity contribution in [2.24, 2.45) is 0 Å². The number of nitrogens with zero attached hydrogens (tertiary/aromatic N) is 4. The predicted molar refractivity (Wildman–Crippen MR) is 101 cm³/mol. The maximum atomic E-state index is 12.8. The second kappa shape index (κ2) is 7.21. The number of aryl methyl sites for hydroxylation is 1. The number of aromatic amines is 1. The Balaban J connectivity index is 1.57. The molecular weight excluding hydrogens is 362 g/mol. The number of rotatable bonds is 3. The molecule has 148 valence electrons. The molecule has 1 saturated heterocycles. The molecule has 1 N–H and O–H groups in total. The second-order valence-electron chi connectivity index (χ2n) is 7.52. The minimum absolute atomic E-state index is 0.0811. The van der Waals surface area contributed by atoms with Crippen LogP contribution in [0.4, 0.5) is 0 Å². The quantitative estimate of drug-likeness (QED) is 0.784. The number of nitrogens with one attached hydrogen (secondary N) is 1. The van der Waals surface area contributed by atoms with Crippen LogP contribution in [0.25, 0.3) is 0 Å². The zero-order valence-electron chi connectivity index (χ0n) is 15.8. The van der Waals surface area contributed by atoms with Crippen molar-refractivity contribution in [3.63, 3.8) is 0 Å². The van der Waals surface area contributed by atoms with Gasteiger partial charge in [-0.1, -0.05) is 0 Å². The summed E-state index contributed by atoms with van der Waals surface area (Å²) in [5.74, 6) is 0.751. The highest BCUT2D eigenvalue weighted by molar-refractivity contribution is 5.76. The van der Waals surface area contributed by atoms with Crippen LogP contribution in [0, 0.1) is 6.92 Å². The van der Waals surface area contributed by atoms with Crippen LogP contribution < -0.4 is 16.8 Å². The highest BCUT2D eigenvalue weighted by Gasteiger charge is 2.30. The molecule has 0 bridgehead atoms. The average Bonchev–Trinajstić information content (AvgIpc) is 3.12. The van der Waals surface area contributed by atoms with Gasteiger partial charge in [-0.3, -0.25) is 23.9 Å². The molecule has 0 spiro atoms. The first-order valence-electron chi connectivity index (χ1n) is 9.62. The molecule has 1 fully saturated rings. The van der Waals surface area contributed by atoms with Crippen LogP contribution in [-0.4, -0.2) is 43.0 Å². The Kier molecular flexibility index (Phi) is 4.74. The van der Waals surface area contributed by atoms with Gasteiger partial charge in [0.15, 0.2) is 0 Å². The predicted octanol–water partition coefficient (Wildman–Crippen LogP) is -0.246. The minimum Gasteiger partial charge on any atom is -0.340 e. The van der Waals surface area contributed by atoms with E-state index in [4.69, 9.17) is 0 Å². The summed E-state index contributed by atoms with van der Waals surface area (Å²) in [6, 6.07) is 1.23. The zero-order chi connectivity index (χ0) is 19.8. The van der Waals surface area contributed by atoms with Gasteiger partial charge in [-0.25, -0.2) is 4.79 Å². The van der Waals surface area contributed by atoms with Crippen molar-refractivity contribution in [1.29, 1.82) is 0 Å². The molecule has 2 aliphatic rings. The van der Waals surface area contributed by atoms with Crippen LogP contribution in [-0.2, 0) is 24.3 Å². The summed E-state index contributed by atoms with van der Waals surface area (Å²) in [7, 11) is 0. The third-order valence-corrected chi connectivity index (χ3v) is 5.68. The molecule has 9 heteroatoms. The van der Waals surface area contributed by atoms with Crippen molar-refractivity contribution < 1.29 is 4.79 Å². The number of aromatic nitrogens is 4. The second-order valence-corrected chi connectivity index (χ2v) is 7.52. The van der Waals surface area contributed by atoms with E-state index in [1.807, 2.05) is 6.92 Å². The van der Waals surface area contributed by atoms with E-state index in [0.29, 0.717) is 18.7 Å². The van der Waals surface area contributed by atoms with Crippen molar-refractivity contribution in [3.05, 3.63) is 60.5 Å². The topological polar surface area (TPSA) is 110 Å². The number of likely N-dealkylation sites (tertiary alicyclic amines) is 1. The summed E-state index contributed by atoms with van der Waals surface area (Å²) >= 11 is 0. The molecule has 1 atom stereocenters. The molecule has 0 radical (unpaired) electrons. The molecule has 9 nitrogen and oxygen atoms in total. The molecule has 0 unspecified atom stereocenters. The first-order chi connectivity index (χ1) is 13.4. The molecule has 2 aromatic rings. The van der Waals surface area contributed by atoms with E-state index in [1.54, 1.807) is 4.90 Å². The van der Waals surface area contributed by atoms with Gasteiger partial charge in [0.05, 0.1) is 0 Å². The van der Waals surface area contributed by atoms with E-state index in [2.05, 4.69) is 14.5 Å². The molecule has 28 heavy (non-hydrogen) atoms. The number of H-pyrrole nitrogens is 1. The molecule has 4 heterocycles. The van der Waals surface area contributed by atoms with Crippen LogP contribution in [0.15, 0.2) is 26.6 Å². The van der Waals surface area contributed by atoms with Gasteiger partial charge in [0.25, 0.3) is 11.1 Å². The fraction of sp³-hybridized carbons (Fsp3) is 0.526. The highest BCUT2D eigenvalue weighted by Crippen LogP contribution is 2.30. The van der Waals surface area contributed by atoms with E-state index < -0.39 is 11.2 Å². The third-order valence-electron chi connectivity index (χ3n) is 5.68. The van der Waals surface area contributed by atoms with Crippen LogP contribution >= 0.6 is 0 Å². The monoisotopic (exact) mass is 385 g/mol. The van der Waals surface area contributed by atoms with Crippen molar-refractivity contribution in [2.75, 3.05) is 13.1 Å². The van der Waals surface area contributed by atoms with Crippen LogP contribution in [0.1, 0.15) is 42.3 Å². The lowest BCUT2D eigenvalue weighted by atomic mass is 9.91. The number of piperidine rings is 1. The normalized spacial score (nSPS) is 18.9. The summed E-state index contributed by atoms with van der Waals surface area (Å²) in [6.07, 6.45) is 4.87. The lowest BCUT2D eigenvalue weighted by molar-refractivity contribution is -0.133. The largest absolute Gasteiger partial charge is 0.340 e. The molecule has 0 saturated carbocycles. The van der Waals surface area contributed by atoms with Gasteiger partial charge in [-0.15, -0.1) is 0 Å². The standard InChI is InChI=1S/C19H23N5O4/c1-12-17(24-8-3-5-14(24)20-18(12)27)13-4-2-7-22(10-13)16(26)11-23-9-6-15(25)21-19(23)28/h6,9,13H,2-5,7-8,10-11H2,1H3,(H,21,25,28)/t13-/m1/s1. The summed E-state index contributed by atoms with van der Waals surface area (Å²) in [6.45, 7) is 3.69. The first-order valence-corrected chi connectivity index (χ1v) is 9.62. The Morgan fingerprint density at radius 2 is 2.07 bits per heavy atom. The molecular formula is C19H23N5O4. The molecule has 2 aliphatic heterocycles. The fourth-order valence-corrected chi connectivity index (χ4v) is 4.32. The molecule has 0 aromatic carbocycles. The van der Waals surface area contributed by atoms with E-state index >= 15 is 0 Å². The SMILES string of the molecule is Cc1c([C@@H]2CCCN(C(=O)Cn3ccc(=O)[nH]c3=O)C2)n2c(nc1=O)CCC2. The summed E-state index contributed by atoms with van der Waals surface area (Å²) in [5.41, 5.74) is 0.419. The van der Waals surface area contributed by atoms with Crippen molar-refractivity contribution in [3.8, 4) is 0 Å². The van der Waals surface area contributed by atoms with Gasteiger partial charge in [0, 0.05) is 55.5 Å². The average molecular weight is 385 g/mol. The number of fused-ring (bicyclic) bond motifs is 1. The summed E-state index contributed by atoms with van der Waals surface area (Å²) in [5, 5.41) is 0. The molecule has 2 aromatic heterocycles. The maximum absolute atomic E-state index is 12.8. The van der Waals surface area contributed by atoms with Crippen molar-refractivity contribution in [1.82, 2.24) is 24.0 Å². The Morgan fingerprint density at radius 1 is 1.25 bits per heavy atom. The summed E-state index contributed by atoms with van der Waals surface area (Å²) in [4.78, 5) is 56.2. The van der Waals surface area contributed by atoms with Gasteiger partial charge < -0.3 is 9.47 Å². The maximum Gasteiger partial charge on any atom is 0.328 e. The first kappa shape index (κ1) is 18.4. The van der Waals surface area contributed by atoms with Crippen molar-refractivity contribution >= 4 is 5.91 Å². The van der Waals surface area contributed by atoms with E-state index in [1.165, 1.54) is 16.8 Å². The Labute approximate surface area is 160 Å². The van der Waals surface area contributed by atoms with Crippen molar-refractivity contribution in [2.45, 2.75) is 51.6 Å². The van der Waals surface area contributed by atoms with Gasteiger partial charge in [0.2, 0.25) is 5.91 Å². The Bertz CT molecular complexity index is 1100.